The van der Waals surface area contributed by atoms with Gasteiger partial charge in [0.15, 0.2) is 6.61 Å². The van der Waals surface area contributed by atoms with Crippen LogP contribution in [0.15, 0.2) is 47.6 Å². The molecule has 0 spiro atoms. The number of hydrogen-bond donors (Lipinski definition) is 1. The molecule has 1 N–H and O–H groups in total. The van der Waals surface area contributed by atoms with E-state index in [1.165, 1.54) is 17.7 Å². The Kier molecular flexibility index (Phi) is 5.46. The van der Waals surface area contributed by atoms with Crippen LogP contribution in [0.5, 0.6) is 5.75 Å². The molecule has 23 heavy (non-hydrogen) atoms. The second-order valence-electron chi connectivity index (χ2n) is 5.27. The highest BCUT2D eigenvalue weighted by Gasteiger charge is 2.04. The lowest BCUT2D eigenvalue weighted by molar-refractivity contribution is -0.123. The van der Waals surface area contributed by atoms with Crippen molar-refractivity contribution in [1.82, 2.24) is 5.43 Å². The number of benzene rings is 2. The molecule has 0 bridgehead atoms. The SMILES string of the molecule is C/C(=N/NC(=O)COc1ccc(C)c(C)c1)c1ccc(F)cc1. The smallest absolute Gasteiger partial charge is 0.277 e. The van der Waals surface area contributed by atoms with E-state index in [0.717, 1.165) is 11.1 Å². The minimum Gasteiger partial charge on any atom is -0.484 e. The van der Waals surface area contributed by atoms with E-state index in [9.17, 15) is 9.18 Å². The van der Waals surface area contributed by atoms with Gasteiger partial charge in [-0.1, -0.05) is 18.2 Å². The Hall–Kier alpha value is -2.69. The standard InChI is InChI=1S/C18H19FN2O2/c1-12-4-9-17(10-13(12)2)23-11-18(22)21-20-14(3)15-5-7-16(19)8-6-15/h4-10H,11H2,1-3H3,(H,21,22)/b20-14-. The fourth-order valence-corrected chi connectivity index (χ4v) is 1.89. The molecular weight excluding hydrogens is 295 g/mol. The van der Waals surface area contributed by atoms with Crippen LogP contribution in [0.2, 0.25) is 0 Å². The highest BCUT2D eigenvalue weighted by molar-refractivity contribution is 5.99. The summed E-state index contributed by atoms with van der Waals surface area (Å²) in [6.07, 6.45) is 0. The van der Waals surface area contributed by atoms with Crippen LogP contribution in [0.1, 0.15) is 23.6 Å². The quantitative estimate of drug-likeness (QED) is 0.679. The van der Waals surface area contributed by atoms with Crippen molar-refractivity contribution < 1.29 is 13.9 Å². The first-order chi connectivity index (χ1) is 11.0. The highest BCUT2D eigenvalue weighted by atomic mass is 19.1. The zero-order chi connectivity index (χ0) is 16.8. The summed E-state index contributed by atoms with van der Waals surface area (Å²) in [6, 6.07) is 11.5. The van der Waals surface area contributed by atoms with Crippen LogP contribution in [0, 0.1) is 19.7 Å². The van der Waals surface area contributed by atoms with Crippen LogP contribution < -0.4 is 10.2 Å². The molecule has 2 aromatic carbocycles. The molecule has 0 unspecified atom stereocenters. The van der Waals surface area contributed by atoms with Crippen LogP contribution in [0.25, 0.3) is 0 Å². The van der Waals surface area contributed by atoms with Crippen LogP contribution in [0.4, 0.5) is 4.39 Å². The lowest BCUT2D eigenvalue weighted by Crippen LogP contribution is -2.25. The topological polar surface area (TPSA) is 50.7 Å². The van der Waals surface area contributed by atoms with Crippen molar-refractivity contribution in [2.75, 3.05) is 6.61 Å². The van der Waals surface area contributed by atoms with Crippen LogP contribution in [0.3, 0.4) is 0 Å². The Morgan fingerprint density at radius 1 is 1.13 bits per heavy atom. The third kappa shape index (κ3) is 4.92. The number of hydrogen-bond acceptors (Lipinski definition) is 3. The van der Waals surface area contributed by atoms with Gasteiger partial charge in [-0.2, -0.15) is 5.10 Å². The van der Waals surface area contributed by atoms with Gasteiger partial charge in [-0.3, -0.25) is 4.79 Å². The zero-order valence-electron chi connectivity index (χ0n) is 13.4. The Bertz CT molecular complexity index is 724. The maximum atomic E-state index is 12.9. The van der Waals surface area contributed by atoms with Crippen molar-refractivity contribution in [3.63, 3.8) is 0 Å². The van der Waals surface area contributed by atoms with Crippen molar-refractivity contribution in [1.29, 1.82) is 0 Å². The van der Waals surface area contributed by atoms with E-state index in [-0.39, 0.29) is 18.3 Å². The van der Waals surface area contributed by atoms with Gasteiger partial charge in [-0.15, -0.1) is 0 Å². The molecule has 2 aromatic rings. The summed E-state index contributed by atoms with van der Waals surface area (Å²) in [6.45, 7) is 5.61. The molecule has 0 fully saturated rings. The molecule has 0 aliphatic carbocycles. The van der Waals surface area contributed by atoms with E-state index >= 15 is 0 Å². The van der Waals surface area contributed by atoms with Crippen LogP contribution in [-0.2, 0) is 4.79 Å². The van der Waals surface area contributed by atoms with Gasteiger partial charge >= 0.3 is 0 Å². The second-order valence-corrected chi connectivity index (χ2v) is 5.27. The van der Waals surface area contributed by atoms with Gasteiger partial charge in [0.05, 0.1) is 5.71 Å². The number of carbonyl (C=O) groups is 1. The maximum absolute atomic E-state index is 12.9. The number of rotatable bonds is 5. The van der Waals surface area contributed by atoms with Crippen LogP contribution >= 0.6 is 0 Å². The normalized spacial score (nSPS) is 11.2. The molecule has 1 amide bonds. The Morgan fingerprint density at radius 2 is 1.83 bits per heavy atom. The molecule has 0 aliphatic heterocycles. The number of ether oxygens (including phenoxy) is 1. The summed E-state index contributed by atoms with van der Waals surface area (Å²) in [4.78, 5) is 11.8. The Morgan fingerprint density at radius 3 is 2.48 bits per heavy atom. The van der Waals surface area contributed by atoms with E-state index in [4.69, 9.17) is 4.74 Å². The maximum Gasteiger partial charge on any atom is 0.277 e. The van der Waals surface area contributed by atoms with Crippen molar-refractivity contribution in [2.24, 2.45) is 5.10 Å². The fourth-order valence-electron chi connectivity index (χ4n) is 1.89. The lowest BCUT2D eigenvalue weighted by Gasteiger charge is -2.08. The minimum atomic E-state index is -0.357. The molecule has 120 valence electrons. The number of amides is 1. The van der Waals surface area contributed by atoms with Gasteiger partial charge < -0.3 is 4.74 Å². The number of hydrazone groups is 1. The third-order valence-corrected chi connectivity index (χ3v) is 3.46. The first-order valence-corrected chi connectivity index (χ1v) is 7.25. The first kappa shape index (κ1) is 16.7. The van der Waals surface area contributed by atoms with E-state index in [1.54, 1.807) is 19.1 Å². The monoisotopic (exact) mass is 314 g/mol. The molecule has 0 aromatic heterocycles. The average Bonchev–Trinajstić information content (AvgIpc) is 2.54. The van der Waals surface area contributed by atoms with Gasteiger partial charge in [-0.25, -0.2) is 9.82 Å². The molecule has 4 nitrogen and oxygen atoms in total. The van der Waals surface area contributed by atoms with Gasteiger partial charge in [0.2, 0.25) is 0 Å². The fraction of sp³-hybridized carbons (Fsp3) is 0.222. The predicted molar refractivity (Wildman–Crippen MR) is 88.2 cm³/mol. The summed E-state index contributed by atoms with van der Waals surface area (Å²) < 4.78 is 18.3. The summed E-state index contributed by atoms with van der Waals surface area (Å²) in [7, 11) is 0. The molecule has 5 heteroatoms. The Balaban J connectivity index is 1.88. The molecule has 0 radical (unpaired) electrons. The van der Waals surface area contributed by atoms with Gasteiger partial charge in [-0.05, 0) is 61.7 Å². The number of halogens is 1. The predicted octanol–water partition coefficient (Wildman–Crippen LogP) is 3.36. The van der Waals surface area contributed by atoms with E-state index in [1.807, 2.05) is 32.0 Å². The number of nitrogens with zero attached hydrogens (tertiary/aromatic N) is 1. The van der Waals surface area contributed by atoms with Gasteiger partial charge in [0.25, 0.3) is 5.91 Å². The number of aryl methyl sites for hydroxylation is 2. The van der Waals surface area contributed by atoms with Crippen molar-refractivity contribution in [2.45, 2.75) is 20.8 Å². The highest BCUT2D eigenvalue weighted by Crippen LogP contribution is 2.16. The minimum absolute atomic E-state index is 0.122. The van der Waals surface area contributed by atoms with Gasteiger partial charge in [0.1, 0.15) is 11.6 Å². The molecule has 0 saturated carbocycles. The van der Waals surface area contributed by atoms with Gasteiger partial charge in [0, 0.05) is 0 Å². The lowest BCUT2D eigenvalue weighted by atomic mass is 10.1. The molecule has 2 rings (SSSR count). The zero-order valence-corrected chi connectivity index (χ0v) is 13.4. The molecule has 0 aliphatic rings. The van der Waals surface area contributed by atoms with E-state index in [0.29, 0.717) is 11.5 Å². The number of carbonyl (C=O) groups excluding carboxylic acids is 1. The molecular formula is C18H19FN2O2. The first-order valence-electron chi connectivity index (χ1n) is 7.25. The van der Waals surface area contributed by atoms with E-state index < -0.39 is 0 Å². The Labute approximate surface area is 135 Å². The van der Waals surface area contributed by atoms with E-state index in [2.05, 4.69) is 10.5 Å². The molecule has 0 atom stereocenters. The molecule has 0 saturated heterocycles. The summed E-state index contributed by atoms with van der Waals surface area (Å²) in [5.41, 5.74) is 6.02. The van der Waals surface area contributed by atoms with Crippen molar-refractivity contribution in [3.05, 3.63) is 65.0 Å². The summed E-state index contributed by atoms with van der Waals surface area (Å²) in [5.74, 6) is -0.0282. The summed E-state index contributed by atoms with van der Waals surface area (Å²) in [5, 5.41) is 3.98. The van der Waals surface area contributed by atoms with Crippen molar-refractivity contribution in [3.8, 4) is 5.75 Å². The third-order valence-electron chi connectivity index (χ3n) is 3.46. The summed E-state index contributed by atoms with van der Waals surface area (Å²) >= 11 is 0. The largest absolute Gasteiger partial charge is 0.484 e. The molecule has 0 heterocycles. The van der Waals surface area contributed by atoms with Crippen LogP contribution in [-0.4, -0.2) is 18.2 Å². The number of nitrogens with one attached hydrogen (secondary N) is 1. The van der Waals surface area contributed by atoms with Crippen molar-refractivity contribution >= 4 is 11.6 Å². The average molecular weight is 314 g/mol. The second kappa shape index (κ2) is 7.54.